The summed E-state index contributed by atoms with van der Waals surface area (Å²) < 4.78 is 5.55. The van der Waals surface area contributed by atoms with Gasteiger partial charge in [0.25, 0.3) is 0 Å². The zero-order valence-electron chi connectivity index (χ0n) is 18.0. The van der Waals surface area contributed by atoms with Crippen molar-refractivity contribution in [2.45, 2.75) is 129 Å². The van der Waals surface area contributed by atoms with Crippen LogP contribution in [0, 0.1) is 0 Å². The van der Waals surface area contributed by atoms with Crippen LogP contribution in [0.25, 0.3) is 0 Å². The van der Waals surface area contributed by atoms with Crippen molar-refractivity contribution in [2.75, 3.05) is 13.2 Å². The molecule has 0 heterocycles. The van der Waals surface area contributed by atoms with Gasteiger partial charge < -0.3 is 9.84 Å². The second-order valence-corrected chi connectivity index (χ2v) is 7.81. The Morgan fingerprint density at radius 1 is 0.654 bits per heavy atom. The van der Waals surface area contributed by atoms with Crippen LogP contribution in [0.15, 0.2) is 12.2 Å². The molecule has 0 saturated carbocycles. The maximum atomic E-state index is 9.68. The highest BCUT2D eigenvalue weighted by Crippen LogP contribution is 2.10. The van der Waals surface area contributed by atoms with Gasteiger partial charge in [0.1, 0.15) is 0 Å². The summed E-state index contributed by atoms with van der Waals surface area (Å²) in [6.45, 7) is 5.76. The van der Waals surface area contributed by atoms with Crippen LogP contribution in [-0.4, -0.2) is 24.4 Å². The monoisotopic (exact) mass is 368 g/mol. The van der Waals surface area contributed by atoms with E-state index in [1.165, 1.54) is 83.5 Å². The number of aliphatic hydroxyl groups is 1. The van der Waals surface area contributed by atoms with Crippen molar-refractivity contribution in [3.05, 3.63) is 12.2 Å². The van der Waals surface area contributed by atoms with Crippen LogP contribution in [0.3, 0.4) is 0 Å². The molecule has 2 nitrogen and oxygen atoms in total. The highest BCUT2D eigenvalue weighted by atomic mass is 16.5. The van der Waals surface area contributed by atoms with Crippen molar-refractivity contribution in [3.8, 4) is 0 Å². The molecule has 0 spiro atoms. The van der Waals surface area contributed by atoms with Gasteiger partial charge in [0.2, 0.25) is 0 Å². The molecule has 2 heteroatoms. The number of ether oxygens (including phenoxy) is 1. The quantitative estimate of drug-likeness (QED) is 0.167. The summed E-state index contributed by atoms with van der Waals surface area (Å²) in [5.74, 6) is 0. The maximum Gasteiger partial charge on any atom is 0.0773 e. The van der Waals surface area contributed by atoms with E-state index in [0.29, 0.717) is 6.61 Å². The first-order valence-electron chi connectivity index (χ1n) is 11.7. The highest BCUT2D eigenvalue weighted by Gasteiger charge is 2.02. The van der Waals surface area contributed by atoms with Crippen molar-refractivity contribution in [3.63, 3.8) is 0 Å². The zero-order chi connectivity index (χ0) is 19.1. The molecule has 0 radical (unpaired) electrons. The smallest absolute Gasteiger partial charge is 0.0773 e. The van der Waals surface area contributed by atoms with Crippen LogP contribution in [-0.2, 0) is 4.74 Å². The first kappa shape index (κ1) is 25.7. The lowest BCUT2D eigenvalue weighted by atomic mass is 10.1. The van der Waals surface area contributed by atoms with E-state index in [-0.39, 0.29) is 6.10 Å². The van der Waals surface area contributed by atoms with E-state index in [9.17, 15) is 5.11 Å². The zero-order valence-corrected chi connectivity index (χ0v) is 18.0. The third-order valence-corrected chi connectivity index (χ3v) is 5.00. The summed E-state index contributed by atoms with van der Waals surface area (Å²) in [6, 6.07) is 0. The minimum Gasteiger partial charge on any atom is -0.391 e. The van der Waals surface area contributed by atoms with Gasteiger partial charge in [-0.25, -0.2) is 0 Å². The molecular formula is C24H48O2. The predicted octanol–water partition coefficient (Wildman–Crippen LogP) is 7.59. The average molecular weight is 369 g/mol. The predicted molar refractivity (Wildman–Crippen MR) is 116 cm³/mol. The van der Waals surface area contributed by atoms with Gasteiger partial charge in [-0.1, -0.05) is 96.6 Å². The van der Waals surface area contributed by atoms with Crippen molar-refractivity contribution in [1.29, 1.82) is 0 Å². The molecule has 0 aromatic rings. The number of hydrogen-bond donors (Lipinski definition) is 1. The summed E-state index contributed by atoms with van der Waals surface area (Å²) in [6.07, 6.45) is 26.3. The fourth-order valence-corrected chi connectivity index (χ4v) is 3.19. The molecule has 0 aliphatic heterocycles. The van der Waals surface area contributed by atoms with Crippen molar-refractivity contribution >= 4 is 0 Å². The van der Waals surface area contributed by atoms with E-state index < -0.39 is 0 Å². The van der Waals surface area contributed by atoms with Crippen molar-refractivity contribution in [2.24, 2.45) is 0 Å². The van der Waals surface area contributed by atoms with Crippen molar-refractivity contribution in [1.82, 2.24) is 0 Å². The molecule has 1 N–H and O–H groups in total. The Bertz CT molecular complexity index is 275. The van der Waals surface area contributed by atoms with Gasteiger partial charge >= 0.3 is 0 Å². The lowest BCUT2D eigenvalue weighted by molar-refractivity contribution is 0.0300. The van der Waals surface area contributed by atoms with E-state index in [0.717, 1.165) is 32.3 Å². The summed E-state index contributed by atoms with van der Waals surface area (Å²) in [5, 5.41) is 9.68. The fourth-order valence-electron chi connectivity index (χ4n) is 3.19. The largest absolute Gasteiger partial charge is 0.391 e. The van der Waals surface area contributed by atoms with Crippen LogP contribution in [0.4, 0.5) is 0 Å². The highest BCUT2D eigenvalue weighted by molar-refractivity contribution is 4.81. The molecular weight excluding hydrogens is 320 g/mol. The van der Waals surface area contributed by atoms with Crippen LogP contribution in [0.1, 0.15) is 123 Å². The number of aliphatic hydroxyl groups excluding tert-OH is 1. The SMILES string of the molecule is CCCCCCCC/C=C\CCCCCCCCOCC(O)CCCC. The molecule has 0 saturated heterocycles. The average Bonchev–Trinajstić information content (AvgIpc) is 2.65. The second kappa shape index (κ2) is 22.7. The molecule has 0 aromatic heterocycles. The van der Waals surface area contributed by atoms with E-state index >= 15 is 0 Å². The van der Waals surface area contributed by atoms with Crippen LogP contribution < -0.4 is 0 Å². The topological polar surface area (TPSA) is 29.5 Å². The van der Waals surface area contributed by atoms with Gasteiger partial charge in [-0.05, 0) is 38.5 Å². The molecule has 0 amide bonds. The number of hydrogen-bond acceptors (Lipinski definition) is 2. The molecule has 1 atom stereocenters. The van der Waals surface area contributed by atoms with Gasteiger partial charge in [-0.3, -0.25) is 0 Å². The van der Waals surface area contributed by atoms with Gasteiger partial charge in [0.05, 0.1) is 12.7 Å². The Labute approximate surface area is 164 Å². The minimum absolute atomic E-state index is 0.260. The summed E-state index contributed by atoms with van der Waals surface area (Å²) in [5.41, 5.74) is 0. The first-order chi connectivity index (χ1) is 12.8. The molecule has 0 bridgehead atoms. The second-order valence-electron chi connectivity index (χ2n) is 7.81. The standard InChI is InChI=1S/C24H48O2/c1-3-5-7-8-9-10-11-12-13-14-15-16-17-18-19-20-22-26-23-24(25)21-6-4-2/h12-13,24-25H,3-11,14-23H2,1-2H3/b13-12-. The first-order valence-corrected chi connectivity index (χ1v) is 11.7. The lowest BCUT2D eigenvalue weighted by Gasteiger charge is -2.10. The normalized spacial score (nSPS) is 12.9. The van der Waals surface area contributed by atoms with Crippen molar-refractivity contribution < 1.29 is 9.84 Å². The molecule has 0 fully saturated rings. The van der Waals surface area contributed by atoms with Crippen LogP contribution in [0.5, 0.6) is 0 Å². The van der Waals surface area contributed by atoms with E-state index in [2.05, 4.69) is 26.0 Å². The third kappa shape index (κ3) is 21.7. The summed E-state index contributed by atoms with van der Waals surface area (Å²) >= 11 is 0. The lowest BCUT2D eigenvalue weighted by Crippen LogP contribution is -2.15. The number of unbranched alkanes of at least 4 members (excludes halogenated alkanes) is 13. The Hall–Kier alpha value is -0.340. The van der Waals surface area contributed by atoms with E-state index in [1.807, 2.05) is 0 Å². The Morgan fingerprint density at radius 2 is 1.15 bits per heavy atom. The maximum absolute atomic E-state index is 9.68. The number of allylic oxidation sites excluding steroid dienone is 2. The van der Waals surface area contributed by atoms with E-state index in [1.54, 1.807) is 0 Å². The Balaban J connectivity index is 3.11. The Morgan fingerprint density at radius 3 is 1.73 bits per heavy atom. The fraction of sp³-hybridized carbons (Fsp3) is 0.917. The van der Waals surface area contributed by atoms with Gasteiger partial charge in [0.15, 0.2) is 0 Å². The minimum atomic E-state index is -0.260. The summed E-state index contributed by atoms with van der Waals surface area (Å²) in [7, 11) is 0. The van der Waals surface area contributed by atoms with Crippen LogP contribution in [0.2, 0.25) is 0 Å². The molecule has 1 unspecified atom stereocenters. The third-order valence-electron chi connectivity index (χ3n) is 5.00. The molecule has 0 rings (SSSR count). The van der Waals surface area contributed by atoms with E-state index in [4.69, 9.17) is 4.74 Å². The van der Waals surface area contributed by atoms with Gasteiger partial charge in [-0.15, -0.1) is 0 Å². The molecule has 0 aromatic carbocycles. The van der Waals surface area contributed by atoms with Gasteiger partial charge in [0, 0.05) is 6.61 Å². The van der Waals surface area contributed by atoms with Gasteiger partial charge in [-0.2, -0.15) is 0 Å². The molecule has 156 valence electrons. The summed E-state index contributed by atoms with van der Waals surface area (Å²) in [4.78, 5) is 0. The number of rotatable bonds is 21. The Kier molecular flexibility index (Phi) is 22.4. The van der Waals surface area contributed by atoms with Crippen LogP contribution >= 0.6 is 0 Å². The molecule has 26 heavy (non-hydrogen) atoms. The molecule has 0 aliphatic carbocycles. The molecule has 0 aliphatic rings.